The predicted molar refractivity (Wildman–Crippen MR) is 149 cm³/mol. The number of hydrogen-bond donors (Lipinski definition) is 3. The van der Waals surface area contributed by atoms with Crippen molar-refractivity contribution in [2.24, 2.45) is 0 Å². The van der Waals surface area contributed by atoms with E-state index in [1.807, 2.05) is 18.2 Å². The van der Waals surface area contributed by atoms with Crippen LogP contribution in [0.25, 0.3) is 10.8 Å². The van der Waals surface area contributed by atoms with E-state index in [1.165, 1.54) is 23.6 Å². The largest absolute Gasteiger partial charge is 0.508 e. The number of rotatable bonds is 8. The third kappa shape index (κ3) is 6.37. The topological polar surface area (TPSA) is 96.9 Å². The van der Waals surface area contributed by atoms with Gasteiger partial charge in [-0.2, -0.15) is 0 Å². The Kier molecular flexibility index (Phi) is 8.73. The summed E-state index contributed by atoms with van der Waals surface area (Å²) >= 11 is 12.7. The number of phenolic OH excluding ortho intramolecular Hbond substituents is 1. The smallest absolute Gasteiger partial charge is 0.397 e. The van der Waals surface area contributed by atoms with Gasteiger partial charge in [0.15, 0.2) is 5.75 Å². The summed E-state index contributed by atoms with van der Waals surface area (Å²) in [5.41, 5.74) is 1.99. The lowest BCUT2D eigenvalue weighted by Gasteiger charge is -2.18. The predicted octanol–water partition coefficient (Wildman–Crippen LogP) is 7.00. The molecule has 4 aromatic rings. The molecule has 0 fully saturated rings. The summed E-state index contributed by atoms with van der Waals surface area (Å²) in [6, 6.07) is 22.1. The second kappa shape index (κ2) is 12.2. The molecule has 38 heavy (non-hydrogen) atoms. The van der Waals surface area contributed by atoms with Gasteiger partial charge in [-0.25, -0.2) is 4.79 Å². The van der Waals surface area contributed by atoms with Crippen molar-refractivity contribution in [2.45, 2.75) is 26.4 Å². The van der Waals surface area contributed by atoms with Crippen LogP contribution in [0.3, 0.4) is 0 Å². The van der Waals surface area contributed by atoms with Gasteiger partial charge in [0, 0.05) is 23.8 Å². The minimum absolute atomic E-state index is 0.0197. The van der Waals surface area contributed by atoms with Crippen molar-refractivity contribution in [1.82, 2.24) is 5.32 Å². The van der Waals surface area contributed by atoms with Crippen LogP contribution in [0.5, 0.6) is 17.2 Å². The number of carbonyl (C=O) groups is 2. The van der Waals surface area contributed by atoms with Gasteiger partial charge >= 0.3 is 11.9 Å². The highest BCUT2D eigenvalue weighted by Crippen LogP contribution is 2.39. The average Bonchev–Trinajstić information content (AvgIpc) is 2.90. The van der Waals surface area contributed by atoms with Crippen LogP contribution in [0, 0.1) is 0 Å². The number of aromatic hydroxyl groups is 1. The maximum Gasteiger partial charge on any atom is 0.397 e. The molecule has 7 nitrogen and oxygen atoms in total. The molecule has 0 aliphatic heterocycles. The first-order valence-electron chi connectivity index (χ1n) is 11.9. The molecule has 0 heterocycles. The molecule has 0 spiro atoms. The molecule has 0 aliphatic rings. The molecule has 0 aliphatic carbocycles. The van der Waals surface area contributed by atoms with E-state index in [-0.39, 0.29) is 39.9 Å². The minimum atomic E-state index is -1.01. The molecule has 0 saturated heterocycles. The first kappa shape index (κ1) is 27.3. The van der Waals surface area contributed by atoms with Gasteiger partial charge in [0.25, 0.3) is 0 Å². The van der Waals surface area contributed by atoms with Crippen LogP contribution in [0.4, 0.5) is 5.69 Å². The van der Waals surface area contributed by atoms with E-state index in [4.69, 9.17) is 27.9 Å². The van der Waals surface area contributed by atoms with Gasteiger partial charge in [0.1, 0.15) is 11.5 Å². The number of phenols is 1. The molecule has 0 aromatic heterocycles. The summed E-state index contributed by atoms with van der Waals surface area (Å²) in [5, 5.41) is 18.9. The molecule has 196 valence electrons. The van der Waals surface area contributed by atoms with Gasteiger partial charge in [0.2, 0.25) is 0 Å². The van der Waals surface area contributed by atoms with Crippen LogP contribution < -0.4 is 15.4 Å². The van der Waals surface area contributed by atoms with Crippen LogP contribution in [0.2, 0.25) is 10.0 Å². The van der Waals surface area contributed by atoms with Gasteiger partial charge in [0.05, 0.1) is 16.7 Å². The maximum atomic E-state index is 11.9. The Balaban J connectivity index is 1.47. The Morgan fingerprint density at radius 2 is 1.68 bits per heavy atom. The van der Waals surface area contributed by atoms with Crippen molar-refractivity contribution < 1.29 is 24.2 Å². The zero-order valence-electron chi connectivity index (χ0n) is 20.8. The normalized spacial score (nSPS) is 11.7. The third-order valence-electron chi connectivity index (χ3n) is 5.88. The number of anilines is 1. The Labute approximate surface area is 230 Å². The van der Waals surface area contributed by atoms with E-state index in [1.54, 1.807) is 19.1 Å². The first-order chi connectivity index (χ1) is 18.3. The second-order valence-electron chi connectivity index (χ2n) is 8.51. The van der Waals surface area contributed by atoms with E-state index in [0.29, 0.717) is 17.9 Å². The van der Waals surface area contributed by atoms with E-state index in [2.05, 4.69) is 46.6 Å². The molecule has 1 unspecified atom stereocenters. The highest BCUT2D eigenvalue weighted by Gasteiger charge is 2.18. The molecule has 0 radical (unpaired) electrons. The van der Waals surface area contributed by atoms with Gasteiger partial charge < -0.3 is 25.2 Å². The van der Waals surface area contributed by atoms with Gasteiger partial charge in [-0.3, -0.25) is 4.79 Å². The van der Waals surface area contributed by atoms with Crippen LogP contribution >= 0.6 is 23.2 Å². The number of hydrogen-bond acceptors (Lipinski definition) is 6. The lowest BCUT2D eigenvalue weighted by molar-refractivity contribution is -0.152. The Hall–Kier alpha value is -3.78. The standard InChI is InChI=1S/C29H26Cl2N2O5/c1-3-37-29(36)28(35)33-20-14-24(30)27(25(31)15-20)38-21-11-12-26(34)19(13-21)16-32-17(2)22-10-6-8-18-7-4-5-9-23(18)22/h4-15,17,32,34H,3,16H2,1-2H3,(H,33,35). The zero-order valence-corrected chi connectivity index (χ0v) is 22.3. The van der Waals surface area contributed by atoms with E-state index < -0.39 is 11.9 Å². The number of carbonyl (C=O) groups excluding carboxylic acids is 2. The summed E-state index contributed by atoms with van der Waals surface area (Å²) in [4.78, 5) is 23.5. The molecular formula is C29H26Cl2N2O5. The second-order valence-corrected chi connectivity index (χ2v) is 9.32. The SMILES string of the molecule is CCOC(=O)C(=O)Nc1cc(Cl)c(Oc2ccc(O)c(CNC(C)c3cccc4ccccc34)c2)c(Cl)c1. The van der Waals surface area contributed by atoms with Gasteiger partial charge in [-0.15, -0.1) is 0 Å². The van der Waals surface area contributed by atoms with Crippen molar-refractivity contribution in [3.8, 4) is 17.2 Å². The fourth-order valence-corrected chi connectivity index (χ4v) is 4.56. The lowest BCUT2D eigenvalue weighted by Crippen LogP contribution is -2.24. The van der Waals surface area contributed by atoms with Crippen LogP contribution in [0.1, 0.15) is 31.0 Å². The number of amides is 1. The van der Waals surface area contributed by atoms with Crippen molar-refractivity contribution in [1.29, 1.82) is 0 Å². The highest BCUT2D eigenvalue weighted by molar-refractivity contribution is 6.39. The lowest BCUT2D eigenvalue weighted by atomic mass is 9.99. The number of fused-ring (bicyclic) bond motifs is 1. The van der Waals surface area contributed by atoms with Crippen LogP contribution in [0.15, 0.2) is 72.8 Å². The highest BCUT2D eigenvalue weighted by atomic mass is 35.5. The van der Waals surface area contributed by atoms with Crippen molar-refractivity contribution in [3.63, 3.8) is 0 Å². The summed E-state index contributed by atoms with van der Waals surface area (Å²) in [6.07, 6.45) is 0. The number of esters is 1. The molecule has 3 N–H and O–H groups in total. The molecule has 0 saturated carbocycles. The quantitative estimate of drug-likeness (QED) is 0.161. The van der Waals surface area contributed by atoms with Crippen LogP contribution in [-0.4, -0.2) is 23.6 Å². The Bertz CT molecular complexity index is 1460. The number of ether oxygens (including phenoxy) is 2. The fourth-order valence-electron chi connectivity index (χ4n) is 3.99. The van der Waals surface area contributed by atoms with Crippen molar-refractivity contribution in [2.75, 3.05) is 11.9 Å². The van der Waals surface area contributed by atoms with Gasteiger partial charge in [-0.1, -0.05) is 65.7 Å². The fraction of sp³-hybridized carbons (Fsp3) is 0.172. The molecule has 9 heteroatoms. The molecule has 1 atom stereocenters. The number of halogens is 2. The molecule has 0 bridgehead atoms. The number of benzene rings is 4. The van der Waals surface area contributed by atoms with Crippen LogP contribution in [-0.2, 0) is 20.9 Å². The van der Waals surface area contributed by atoms with Crippen molar-refractivity contribution >= 4 is 51.5 Å². The summed E-state index contributed by atoms with van der Waals surface area (Å²) in [5.74, 6) is -1.27. The maximum absolute atomic E-state index is 11.9. The molecular weight excluding hydrogens is 527 g/mol. The van der Waals surface area contributed by atoms with Gasteiger partial charge in [-0.05, 0) is 60.5 Å². The van der Waals surface area contributed by atoms with E-state index in [0.717, 1.165) is 10.9 Å². The number of nitrogens with one attached hydrogen (secondary N) is 2. The molecule has 4 rings (SSSR count). The monoisotopic (exact) mass is 552 g/mol. The Morgan fingerprint density at radius 3 is 2.42 bits per heavy atom. The summed E-state index contributed by atoms with van der Waals surface area (Å²) < 4.78 is 10.6. The summed E-state index contributed by atoms with van der Waals surface area (Å²) in [7, 11) is 0. The first-order valence-corrected chi connectivity index (χ1v) is 12.7. The zero-order chi connectivity index (χ0) is 27.2. The average molecular weight is 553 g/mol. The van der Waals surface area contributed by atoms with Crippen molar-refractivity contribution in [3.05, 3.63) is 94.0 Å². The van der Waals surface area contributed by atoms with E-state index in [9.17, 15) is 14.7 Å². The summed E-state index contributed by atoms with van der Waals surface area (Å²) in [6.45, 7) is 4.13. The molecule has 4 aromatic carbocycles. The third-order valence-corrected chi connectivity index (χ3v) is 6.44. The Morgan fingerprint density at radius 1 is 0.974 bits per heavy atom. The minimum Gasteiger partial charge on any atom is -0.508 e. The molecule has 1 amide bonds. The van der Waals surface area contributed by atoms with E-state index >= 15 is 0 Å².